The molecule has 3 heteroatoms. The quantitative estimate of drug-likeness (QED) is 0.820. The molecule has 0 saturated heterocycles. The smallest absolute Gasteiger partial charge is 0.119 e. The Kier molecular flexibility index (Phi) is 4.46. The zero-order valence-electron chi connectivity index (χ0n) is 12.3. The van der Waals surface area contributed by atoms with Crippen molar-refractivity contribution < 1.29 is 9.47 Å². The van der Waals surface area contributed by atoms with Gasteiger partial charge in [0.15, 0.2) is 0 Å². The van der Waals surface area contributed by atoms with E-state index in [0.29, 0.717) is 12.1 Å². The number of hydrogen-bond donors (Lipinski definition) is 1. The van der Waals surface area contributed by atoms with E-state index >= 15 is 0 Å². The van der Waals surface area contributed by atoms with Crippen molar-refractivity contribution in [3.63, 3.8) is 0 Å². The predicted octanol–water partition coefficient (Wildman–Crippen LogP) is 3.84. The summed E-state index contributed by atoms with van der Waals surface area (Å²) in [4.78, 5) is 0. The van der Waals surface area contributed by atoms with Gasteiger partial charge in [-0.1, -0.05) is 0 Å². The second-order valence-electron chi connectivity index (χ2n) is 6.09. The third-order valence-corrected chi connectivity index (χ3v) is 4.35. The molecular formula is C17H25NO2. The van der Waals surface area contributed by atoms with Crippen LogP contribution in [0.2, 0.25) is 0 Å². The van der Waals surface area contributed by atoms with E-state index in [1.54, 1.807) is 7.11 Å². The first-order chi connectivity index (χ1) is 9.85. The van der Waals surface area contributed by atoms with Gasteiger partial charge in [0.2, 0.25) is 0 Å². The van der Waals surface area contributed by atoms with Crippen LogP contribution < -0.4 is 10.1 Å². The van der Waals surface area contributed by atoms with Crippen LogP contribution in [0.15, 0.2) is 24.3 Å². The molecule has 20 heavy (non-hydrogen) atoms. The molecule has 0 heterocycles. The fourth-order valence-corrected chi connectivity index (χ4v) is 3.02. The van der Waals surface area contributed by atoms with Gasteiger partial charge in [0.1, 0.15) is 5.75 Å². The largest absolute Gasteiger partial charge is 0.490 e. The maximum atomic E-state index is 5.99. The minimum atomic E-state index is 0.432. The van der Waals surface area contributed by atoms with Crippen LogP contribution in [0.5, 0.6) is 5.75 Å². The first-order valence-electron chi connectivity index (χ1n) is 7.87. The number of methoxy groups -OCH3 is 1. The van der Waals surface area contributed by atoms with Gasteiger partial charge >= 0.3 is 0 Å². The van der Waals surface area contributed by atoms with Crippen LogP contribution in [-0.2, 0) is 4.74 Å². The zero-order valence-corrected chi connectivity index (χ0v) is 12.3. The maximum absolute atomic E-state index is 5.99. The first kappa shape index (κ1) is 13.7. The van der Waals surface area contributed by atoms with Crippen LogP contribution in [-0.4, -0.2) is 25.9 Å². The lowest BCUT2D eigenvalue weighted by atomic mass is 10.2. The fourth-order valence-electron chi connectivity index (χ4n) is 3.02. The Hall–Kier alpha value is -1.22. The normalized spacial score (nSPS) is 20.9. The molecule has 110 valence electrons. The summed E-state index contributed by atoms with van der Waals surface area (Å²) in [5.41, 5.74) is 1.16. The molecule has 1 aromatic carbocycles. The Morgan fingerprint density at radius 2 is 1.80 bits per heavy atom. The van der Waals surface area contributed by atoms with E-state index in [0.717, 1.165) is 24.0 Å². The molecule has 2 saturated carbocycles. The third-order valence-electron chi connectivity index (χ3n) is 4.35. The zero-order chi connectivity index (χ0) is 13.8. The molecule has 3 nitrogen and oxygen atoms in total. The van der Waals surface area contributed by atoms with Crippen LogP contribution in [0.1, 0.15) is 38.5 Å². The molecular weight excluding hydrogens is 250 g/mol. The molecule has 0 amide bonds. The number of ether oxygens (including phenoxy) is 2. The van der Waals surface area contributed by atoms with Gasteiger partial charge in [-0.25, -0.2) is 0 Å². The SMILES string of the molecule is COCC(Nc1ccc(OC2CCCC2)cc1)C1CC1. The van der Waals surface area contributed by atoms with Crippen LogP contribution in [0.25, 0.3) is 0 Å². The number of hydrogen-bond acceptors (Lipinski definition) is 3. The molecule has 2 aliphatic carbocycles. The monoisotopic (exact) mass is 275 g/mol. The lowest BCUT2D eigenvalue weighted by molar-refractivity contribution is 0.179. The molecule has 0 radical (unpaired) electrons. The summed E-state index contributed by atoms with van der Waals surface area (Å²) in [6.45, 7) is 0.783. The highest BCUT2D eigenvalue weighted by molar-refractivity contribution is 5.47. The van der Waals surface area contributed by atoms with Crippen molar-refractivity contribution in [3.05, 3.63) is 24.3 Å². The Balaban J connectivity index is 1.54. The van der Waals surface area contributed by atoms with Crippen molar-refractivity contribution in [1.82, 2.24) is 0 Å². The van der Waals surface area contributed by atoms with Gasteiger partial charge in [0.25, 0.3) is 0 Å². The molecule has 1 atom stereocenters. The van der Waals surface area contributed by atoms with E-state index in [9.17, 15) is 0 Å². The van der Waals surface area contributed by atoms with Gasteiger partial charge in [-0.15, -0.1) is 0 Å². The van der Waals surface area contributed by atoms with E-state index in [1.807, 2.05) is 0 Å². The van der Waals surface area contributed by atoms with Crippen molar-refractivity contribution in [2.24, 2.45) is 5.92 Å². The molecule has 2 aliphatic rings. The highest BCUT2D eigenvalue weighted by Crippen LogP contribution is 2.34. The lowest BCUT2D eigenvalue weighted by Crippen LogP contribution is -2.27. The van der Waals surface area contributed by atoms with Crippen molar-refractivity contribution in [2.75, 3.05) is 19.0 Å². The summed E-state index contributed by atoms with van der Waals surface area (Å²) in [6.07, 6.45) is 8.11. The van der Waals surface area contributed by atoms with Gasteiger partial charge < -0.3 is 14.8 Å². The topological polar surface area (TPSA) is 30.5 Å². The van der Waals surface area contributed by atoms with Gasteiger partial charge in [-0.3, -0.25) is 0 Å². The number of anilines is 1. The van der Waals surface area contributed by atoms with E-state index in [2.05, 4.69) is 29.6 Å². The van der Waals surface area contributed by atoms with Crippen molar-refractivity contribution >= 4 is 5.69 Å². The summed E-state index contributed by atoms with van der Waals surface area (Å²) in [6, 6.07) is 8.85. The summed E-state index contributed by atoms with van der Waals surface area (Å²) >= 11 is 0. The Morgan fingerprint density at radius 3 is 2.40 bits per heavy atom. The van der Waals surface area contributed by atoms with Gasteiger partial charge in [-0.2, -0.15) is 0 Å². The molecule has 0 bridgehead atoms. The average molecular weight is 275 g/mol. The summed E-state index contributed by atoms with van der Waals surface area (Å²) in [5, 5.41) is 3.58. The van der Waals surface area contributed by atoms with Gasteiger partial charge in [0.05, 0.1) is 18.8 Å². The minimum Gasteiger partial charge on any atom is -0.490 e. The minimum absolute atomic E-state index is 0.432. The summed E-state index contributed by atoms with van der Waals surface area (Å²) in [5.74, 6) is 1.78. The van der Waals surface area contributed by atoms with E-state index in [1.165, 1.54) is 38.5 Å². The number of nitrogens with one attached hydrogen (secondary N) is 1. The molecule has 0 aromatic heterocycles. The Bertz CT molecular complexity index is 408. The molecule has 0 spiro atoms. The molecule has 1 aromatic rings. The molecule has 2 fully saturated rings. The lowest BCUT2D eigenvalue weighted by Gasteiger charge is -2.19. The van der Waals surface area contributed by atoms with Gasteiger partial charge in [-0.05, 0) is 68.7 Å². The highest BCUT2D eigenvalue weighted by atomic mass is 16.5. The molecule has 0 aliphatic heterocycles. The van der Waals surface area contributed by atoms with Crippen molar-refractivity contribution in [2.45, 2.75) is 50.7 Å². The first-order valence-corrected chi connectivity index (χ1v) is 7.87. The van der Waals surface area contributed by atoms with E-state index in [-0.39, 0.29) is 0 Å². The Morgan fingerprint density at radius 1 is 1.10 bits per heavy atom. The second-order valence-corrected chi connectivity index (χ2v) is 6.09. The highest BCUT2D eigenvalue weighted by Gasteiger charge is 2.31. The Labute approximate surface area is 121 Å². The fraction of sp³-hybridized carbons (Fsp3) is 0.647. The van der Waals surface area contributed by atoms with E-state index in [4.69, 9.17) is 9.47 Å². The maximum Gasteiger partial charge on any atom is 0.119 e. The predicted molar refractivity (Wildman–Crippen MR) is 81.3 cm³/mol. The summed E-state index contributed by atoms with van der Waals surface area (Å²) < 4.78 is 11.3. The van der Waals surface area contributed by atoms with Crippen LogP contribution in [0.3, 0.4) is 0 Å². The third kappa shape index (κ3) is 3.66. The van der Waals surface area contributed by atoms with Gasteiger partial charge in [0, 0.05) is 12.8 Å². The average Bonchev–Trinajstić information content (AvgIpc) is 3.19. The molecule has 1 unspecified atom stereocenters. The number of rotatable bonds is 7. The summed E-state index contributed by atoms with van der Waals surface area (Å²) in [7, 11) is 1.77. The van der Waals surface area contributed by atoms with Crippen molar-refractivity contribution in [3.8, 4) is 5.75 Å². The van der Waals surface area contributed by atoms with Crippen LogP contribution >= 0.6 is 0 Å². The van der Waals surface area contributed by atoms with Crippen LogP contribution in [0.4, 0.5) is 5.69 Å². The number of benzene rings is 1. The molecule has 1 N–H and O–H groups in total. The van der Waals surface area contributed by atoms with E-state index < -0.39 is 0 Å². The molecule has 3 rings (SSSR count). The van der Waals surface area contributed by atoms with Crippen molar-refractivity contribution in [1.29, 1.82) is 0 Å². The van der Waals surface area contributed by atoms with Crippen LogP contribution in [0, 0.1) is 5.92 Å². The second kappa shape index (κ2) is 6.49. The standard InChI is InChI=1S/C17H25NO2/c1-19-12-17(13-6-7-13)18-14-8-10-16(11-9-14)20-15-4-2-3-5-15/h8-11,13,15,17-18H,2-7,12H2,1H3.